The van der Waals surface area contributed by atoms with Crippen LogP contribution >= 0.6 is 0 Å². The van der Waals surface area contributed by atoms with Crippen LogP contribution in [0.1, 0.15) is 5.56 Å². The van der Waals surface area contributed by atoms with Gasteiger partial charge in [-0.2, -0.15) is 0 Å². The van der Waals surface area contributed by atoms with Gasteiger partial charge in [0.2, 0.25) is 0 Å². The van der Waals surface area contributed by atoms with Crippen LogP contribution in [0.2, 0.25) is 0 Å². The summed E-state index contributed by atoms with van der Waals surface area (Å²) in [5.74, 6) is 0.687. The molecule has 0 aliphatic heterocycles. The molecule has 3 N–H and O–H groups in total. The molecule has 1 heterocycles. The fourth-order valence-corrected chi connectivity index (χ4v) is 2.70. The second-order valence-electron chi connectivity index (χ2n) is 5.65. The lowest BCUT2D eigenvalue weighted by Crippen LogP contribution is -2.19. The molecule has 0 amide bonds. The molecule has 2 aromatic carbocycles. The van der Waals surface area contributed by atoms with Gasteiger partial charge in [-0.05, 0) is 41.5 Å². The molecule has 1 aromatic heterocycles. The molecule has 128 valence electrons. The largest absolute Gasteiger partial charge is 0.761 e. The summed E-state index contributed by atoms with van der Waals surface area (Å²) in [6.07, 6.45) is 1.62. The van der Waals surface area contributed by atoms with Crippen molar-refractivity contribution in [3.05, 3.63) is 81.9 Å². The molecule has 0 saturated carbocycles. The van der Waals surface area contributed by atoms with Crippen LogP contribution in [-0.2, 0) is 6.54 Å². The van der Waals surface area contributed by atoms with Crippen molar-refractivity contribution in [2.45, 2.75) is 6.54 Å². The molecule has 0 spiro atoms. The summed E-state index contributed by atoms with van der Waals surface area (Å²) in [5.41, 5.74) is 11.1. The first kappa shape index (κ1) is 16.6. The number of pyridine rings is 1. The van der Waals surface area contributed by atoms with E-state index in [1.807, 2.05) is 29.7 Å². The van der Waals surface area contributed by atoms with Crippen LogP contribution < -0.4 is 21.5 Å². The molecule has 3 rings (SSSR count). The van der Waals surface area contributed by atoms with Crippen LogP contribution in [0.4, 0.5) is 11.4 Å². The lowest BCUT2D eigenvalue weighted by atomic mass is 10.0. The van der Waals surface area contributed by atoms with Gasteiger partial charge in [-0.1, -0.05) is 18.2 Å². The van der Waals surface area contributed by atoms with Crippen LogP contribution in [0, 0.1) is 5.21 Å². The fourth-order valence-electron chi connectivity index (χ4n) is 2.70. The van der Waals surface area contributed by atoms with Gasteiger partial charge in [-0.15, -0.1) is 0 Å². The van der Waals surface area contributed by atoms with Crippen LogP contribution in [0.25, 0.3) is 11.1 Å². The first-order valence-electron chi connectivity index (χ1n) is 7.72. The number of methoxy groups -OCH3 is 1. The number of nitrogens with two attached hydrogens (primary N) is 1. The zero-order valence-electron chi connectivity index (χ0n) is 13.7. The number of nitrogen functional groups attached to an aromatic ring is 1. The minimum atomic E-state index is -0.121. The summed E-state index contributed by atoms with van der Waals surface area (Å²) in [6, 6.07) is 15.9. The molecule has 25 heavy (non-hydrogen) atoms. The Morgan fingerprint density at radius 2 is 2.00 bits per heavy atom. The molecule has 0 radical (unpaired) electrons. The van der Waals surface area contributed by atoms with E-state index in [4.69, 9.17) is 10.5 Å². The maximum atomic E-state index is 12.0. The van der Waals surface area contributed by atoms with E-state index in [-0.39, 0.29) is 5.56 Å². The van der Waals surface area contributed by atoms with E-state index in [0.29, 0.717) is 23.7 Å². The summed E-state index contributed by atoms with van der Waals surface area (Å²) < 4.78 is 6.99. The van der Waals surface area contributed by atoms with Gasteiger partial charge in [0.25, 0.3) is 5.56 Å². The number of benzene rings is 2. The van der Waals surface area contributed by atoms with Crippen LogP contribution in [0.15, 0.2) is 65.6 Å². The number of rotatable bonds is 5. The summed E-state index contributed by atoms with van der Waals surface area (Å²) in [4.78, 5) is 12.0. The Morgan fingerprint density at radius 1 is 1.16 bits per heavy atom. The van der Waals surface area contributed by atoms with E-state index in [1.54, 1.807) is 42.1 Å². The average molecular weight is 336 g/mol. The van der Waals surface area contributed by atoms with Gasteiger partial charge in [0.15, 0.2) is 0 Å². The summed E-state index contributed by atoms with van der Waals surface area (Å²) in [7, 11) is 1.59. The highest BCUT2D eigenvalue weighted by atomic mass is 16.5. The molecule has 0 atom stereocenters. The summed E-state index contributed by atoms with van der Waals surface area (Å²) >= 11 is 0. The van der Waals surface area contributed by atoms with E-state index < -0.39 is 0 Å². The lowest BCUT2D eigenvalue weighted by Gasteiger charge is -2.15. The fraction of sp³-hybridized carbons (Fsp3) is 0.105. The van der Waals surface area contributed by atoms with Crippen molar-refractivity contribution in [3.8, 4) is 16.9 Å². The van der Waals surface area contributed by atoms with Crippen LogP contribution in [0.5, 0.6) is 5.75 Å². The molecular weight excluding hydrogens is 318 g/mol. The highest BCUT2D eigenvalue weighted by Gasteiger charge is 2.09. The number of nitrogens with one attached hydrogen (secondary N) is 1. The van der Waals surface area contributed by atoms with Gasteiger partial charge in [-0.25, -0.2) is 0 Å². The third-order valence-electron chi connectivity index (χ3n) is 3.91. The number of hydrogen-bond donors (Lipinski definition) is 2. The van der Waals surface area contributed by atoms with Gasteiger partial charge < -0.3 is 25.7 Å². The summed E-state index contributed by atoms with van der Waals surface area (Å²) in [5, 5.41) is 10.9. The highest BCUT2D eigenvalue weighted by molar-refractivity contribution is 5.74. The molecule has 0 aliphatic carbocycles. The Balaban J connectivity index is 2.02. The topological polar surface area (TPSA) is 92.3 Å². The van der Waals surface area contributed by atoms with E-state index in [1.165, 1.54) is 6.07 Å². The van der Waals surface area contributed by atoms with Crippen LogP contribution in [0.3, 0.4) is 0 Å². The number of nitrogens with zero attached hydrogens (tertiary/aromatic N) is 1. The third-order valence-corrected chi connectivity index (χ3v) is 3.91. The van der Waals surface area contributed by atoms with E-state index in [9.17, 15) is 10.0 Å². The number of aromatic nitrogens is 1. The van der Waals surface area contributed by atoms with E-state index in [0.717, 1.165) is 16.7 Å². The first-order chi connectivity index (χ1) is 12.1. The van der Waals surface area contributed by atoms with Crippen LogP contribution in [-0.4, -0.2) is 11.7 Å². The summed E-state index contributed by atoms with van der Waals surface area (Å²) in [6.45, 7) is 0.389. The zero-order valence-corrected chi connectivity index (χ0v) is 13.7. The zero-order chi connectivity index (χ0) is 17.8. The predicted molar refractivity (Wildman–Crippen MR) is 99.6 cm³/mol. The molecule has 0 bridgehead atoms. The molecule has 3 aromatic rings. The monoisotopic (exact) mass is 336 g/mol. The van der Waals surface area contributed by atoms with E-state index in [2.05, 4.69) is 0 Å². The van der Waals surface area contributed by atoms with Gasteiger partial charge in [0.1, 0.15) is 5.75 Å². The van der Waals surface area contributed by atoms with Gasteiger partial charge in [0, 0.05) is 29.2 Å². The Labute approximate surface area is 145 Å². The van der Waals surface area contributed by atoms with Crippen molar-refractivity contribution in [3.63, 3.8) is 0 Å². The lowest BCUT2D eigenvalue weighted by molar-refractivity contribution is 0.416. The first-order valence-corrected chi connectivity index (χ1v) is 7.72. The third kappa shape index (κ3) is 3.64. The van der Waals surface area contributed by atoms with Gasteiger partial charge in [0.05, 0.1) is 13.7 Å². The van der Waals surface area contributed by atoms with Crippen molar-refractivity contribution >= 4 is 11.4 Å². The molecule has 0 fully saturated rings. The maximum Gasteiger partial charge on any atom is 0.250 e. The van der Waals surface area contributed by atoms with Gasteiger partial charge >= 0.3 is 0 Å². The minimum absolute atomic E-state index is 0.121. The number of hydrogen-bond acceptors (Lipinski definition) is 5. The Bertz CT molecular complexity index is 951. The van der Waals surface area contributed by atoms with Crippen molar-refractivity contribution in [2.75, 3.05) is 18.3 Å². The second-order valence-corrected chi connectivity index (χ2v) is 5.65. The van der Waals surface area contributed by atoms with Crippen molar-refractivity contribution in [1.29, 1.82) is 0 Å². The molecule has 6 heteroatoms. The molecular formula is C19H18N3O3-. The standard InChI is InChI=1S/C19H18N3O3/c1-25-18-7-5-13(11-22-12-15(20)6-8-19(22)23)9-17(18)14-3-2-4-16(10-14)21-24/h2-10,12,21H,11,20H2,1H3/q-1. The maximum absolute atomic E-state index is 12.0. The average Bonchev–Trinajstić information content (AvgIpc) is 2.64. The van der Waals surface area contributed by atoms with Crippen molar-refractivity contribution < 1.29 is 4.74 Å². The van der Waals surface area contributed by atoms with Crippen molar-refractivity contribution in [2.24, 2.45) is 0 Å². The Hall–Kier alpha value is -3.25. The Kier molecular flexibility index (Phi) is 4.72. The number of ether oxygens (including phenoxy) is 1. The molecule has 0 aliphatic rings. The SMILES string of the molecule is COc1ccc(Cn2cc(N)ccc2=O)cc1-c1cccc(N[O-])c1. The second kappa shape index (κ2) is 7.11. The molecule has 0 saturated heterocycles. The minimum Gasteiger partial charge on any atom is -0.761 e. The normalized spacial score (nSPS) is 10.5. The molecule has 6 nitrogen and oxygen atoms in total. The smallest absolute Gasteiger partial charge is 0.250 e. The van der Waals surface area contributed by atoms with Gasteiger partial charge in [-0.3, -0.25) is 4.79 Å². The molecule has 0 unspecified atom stereocenters. The number of anilines is 2. The Morgan fingerprint density at radius 3 is 2.76 bits per heavy atom. The highest BCUT2D eigenvalue weighted by Crippen LogP contribution is 2.32. The predicted octanol–water partition coefficient (Wildman–Crippen LogP) is 3.06. The van der Waals surface area contributed by atoms with E-state index >= 15 is 0 Å². The quantitative estimate of drug-likeness (QED) is 0.699. The van der Waals surface area contributed by atoms with Crippen molar-refractivity contribution in [1.82, 2.24) is 4.57 Å².